The van der Waals surface area contributed by atoms with Gasteiger partial charge in [0.15, 0.2) is 0 Å². The van der Waals surface area contributed by atoms with Crippen LogP contribution >= 0.6 is 11.6 Å². The van der Waals surface area contributed by atoms with Crippen molar-refractivity contribution < 1.29 is 9.18 Å². The Morgan fingerprint density at radius 3 is 2.71 bits per heavy atom. The van der Waals surface area contributed by atoms with Crippen LogP contribution in [0.25, 0.3) is 0 Å². The van der Waals surface area contributed by atoms with E-state index in [1.165, 1.54) is 29.2 Å². The highest BCUT2D eigenvalue weighted by Gasteiger charge is 2.22. The molecule has 0 spiro atoms. The minimum atomic E-state index is -0.647. The Bertz CT molecular complexity index is 826. The van der Waals surface area contributed by atoms with Crippen LogP contribution in [-0.4, -0.2) is 26.1 Å². The topological polar surface area (TPSA) is 72.7 Å². The van der Waals surface area contributed by atoms with Gasteiger partial charge in [-0.15, -0.1) is 5.10 Å². The van der Waals surface area contributed by atoms with Gasteiger partial charge in [0.05, 0.1) is 5.02 Å². The summed E-state index contributed by atoms with van der Waals surface area (Å²) in [4.78, 5) is 12.6. The highest BCUT2D eigenvalue weighted by molar-refractivity contribution is 6.31. The molecule has 1 N–H and O–H groups in total. The van der Waals surface area contributed by atoms with Gasteiger partial charge in [-0.2, -0.15) is 0 Å². The smallest absolute Gasteiger partial charge is 0.249 e. The summed E-state index contributed by atoms with van der Waals surface area (Å²) >= 11 is 5.74. The third-order valence-corrected chi connectivity index (χ3v) is 3.74. The molecule has 3 rings (SSSR count). The van der Waals surface area contributed by atoms with Crippen LogP contribution in [0, 0.1) is 5.82 Å². The summed E-state index contributed by atoms with van der Waals surface area (Å²) in [7, 11) is 0. The lowest BCUT2D eigenvalue weighted by Crippen LogP contribution is -2.28. The maximum absolute atomic E-state index is 13.2. The molecule has 2 aromatic carbocycles. The number of carbonyl (C=O) groups excluding carboxylic acids is 1. The average molecular weight is 346 g/mol. The lowest BCUT2D eigenvalue weighted by Gasteiger charge is -2.16. The zero-order valence-corrected chi connectivity index (χ0v) is 13.2. The predicted molar refractivity (Wildman–Crippen MR) is 87.0 cm³/mol. The van der Waals surface area contributed by atoms with Crippen LogP contribution in [-0.2, 0) is 11.2 Å². The van der Waals surface area contributed by atoms with Crippen LogP contribution < -0.4 is 5.32 Å². The fraction of sp³-hybridized carbons (Fsp3) is 0.125. The Hall–Kier alpha value is -2.80. The minimum absolute atomic E-state index is 0.0603. The standard InChI is InChI=1S/C16H13ClFN5O/c17-13-9-12(6-7-14(13)18)20-16(24)15(23-10-19-21-22-23)8-11-4-2-1-3-5-11/h1-7,9-10,15H,8H2,(H,20,24)/t15-/m1/s1. The van der Waals surface area contributed by atoms with Crippen molar-refractivity contribution in [2.75, 3.05) is 5.32 Å². The Balaban J connectivity index is 1.82. The Kier molecular flexibility index (Phi) is 4.81. The number of halogens is 2. The quantitative estimate of drug-likeness (QED) is 0.771. The maximum Gasteiger partial charge on any atom is 0.249 e. The van der Waals surface area contributed by atoms with Gasteiger partial charge in [-0.25, -0.2) is 9.07 Å². The fourth-order valence-electron chi connectivity index (χ4n) is 2.25. The second kappa shape index (κ2) is 7.18. The number of carbonyl (C=O) groups is 1. The van der Waals surface area contributed by atoms with Gasteiger partial charge in [0.2, 0.25) is 5.91 Å². The van der Waals surface area contributed by atoms with Gasteiger partial charge in [0, 0.05) is 12.1 Å². The highest BCUT2D eigenvalue weighted by Crippen LogP contribution is 2.21. The molecule has 6 nitrogen and oxygen atoms in total. The molecule has 1 atom stereocenters. The Morgan fingerprint density at radius 2 is 2.04 bits per heavy atom. The molecule has 122 valence electrons. The lowest BCUT2D eigenvalue weighted by molar-refractivity contribution is -0.119. The molecular formula is C16H13ClFN5O. The molecule has 0 saturated heterocycles. The summed E-state index contributed by atoms with van der Waals surface area (Å²) in [5.74, 6) is -0.871. The number of benzene rings is 2. The number of hydrogen-bond acceptors (Lipinski definition) is 4. The number of tetrazole rings is 1. The minimum Gasteiger partial charge on any atom is -0.324 e. The van der Waals surface area contributed by atoms with Crippen molar-refractivity contribution in [1.82, 2.24) is 20.2 Å². The van der Waals surface area contributed by atoms with Crippen molar-refractivity contribution >= 4 is 23.2 Å². The van der Waals surface area contributed by atoms with E-state index in [1.54, 1.807) is 0 Å². The second-order valence-electron chi connectivity index (χ2n) is 5.11. The maximum atomic E-state index is 13.2. The molecule has 24 heavy (non-hydrogen) atoms. The van der Waals surface area contributed by atoms with E-state index >= 15 is 0 Å². The predicted octanol–water partition coefficient (Wildman–Crippen LogP) is 2.89. The number of anilines is 1. The normalized spacial score (nSPS) is 11.9. The van der Waals surface area contributed by atoms with Crippen LogP contribution in [0.15, 0.2) is 54.9 Å². The Labute approximate surface area is 142 Å². The third kappa shape index (κ3) is 3.75. The summed E-state index contributed by atoms with van der Waals surface area (Å²) < 4.78 is 14.6. The molecule has 0 unspecified atom stereocenters. The van der Waals surface area contributed by atoms with Gasteiger partial charge in [-0.3, -0.25) is 4.79 Å². The van der Waals surface area contributed by atoms with Gasteiger partial charge in [-0.1, -0.05) is 41.9 Å². The van der Waals surface area contributed by atoms with Crippen LogP contribution in [0.4, 0.5) is 10.1 Å². The number of nitrogens with zero attached hydrogens (tertiary/aromatic N) is 4. The summed E-state index contributed by atoms with van der Waals surface area (Å²) in [5, 5.41) is 13.6. The van der Waals surface area contributed by atoms with Gasteiger partial charge in [-0.05, 0) is 34.2 Å². The van der Waals surface area contributed by atoms with Gasteiger partial charge >= 0.3 is 0 Å². The summed E-state index contributed by atoms with van der Waals surface area (Å²) in [6, 6.07) is 12.9. The van der Waals surface area contributed by atoms with Crippen LogP contribution in [0.3, 0.4) is 0 Å². The van der Waals surface area contributed by atoms with E-state index in [4.69, 9.17) is 11.6 Å². The molecule has 0 radical (unpaired) electrons. The molecule has 0 aliphatic carbocycles. The molecule has 0 aliphatic heterocycles. The van der Waals surface area contributed by atoms with Crippen LogP contribution in [0.1, 0.15) is 11.6 Å². The number of aromatic nitrogens is 4. The lowest BCUT2D eigenvalue weighted by atomic mass is 10.1. The molecule has 0 aliphatic rings. The van der Waals surface area contributed by atoms with Gasteiger partial charge < -0.3 is 5.32 Å². The van der Waals surface area contributed by atoms with Gasteiger partial charge in [0.1, 0.15) is 18.2 Å². The molecule has 8 heteroatoms. The van der Waals surface area contributed by atoms with Crippen molar-refractivity contribution in [1.29, 1.82) is 0 Å². The Morgan fingerprint density at radius 1 is 1.25 bits per heavy atom. The van der Waals surface area contributed by atoms with Crippen LogP contribution in [0.2, 0.25) is 5.02 Å². The summed E-state index contributed by atoms with van der Waals surface area (Å²) in [5.41, 5.74) is 1.36. The monoisotopic (exact) mass is 345 g/mol. The molecule has 1 heterocycles. The van der Waals surface area contributed by atoms with Gasteiger partial charge in [0.25, 0.3) is 0 Å². The highest BCUT2D eigenvalue weighted by atomic mass is 35.5. The molecule has 3 aromatic rings. The zero-order valence-electron chi connectivity index (χ0n) is 12.4. The number of nitrogens with one attached hydrogen (secondary N) is 1. The SMILES string of the molecule is O=C(Nc1ccc(F)c(Cl)c1)[C@@H](Cc1ccccc1)n1cnnn1. The van der Waals surface area contributed by atoms with E-state index in [9.17, 15) is 9.18 Å². The van der Waals surface area contributed by atoms with Crippen molar-refractivity contribution in [3.05, 3.63) is 71.3 Å². The fourth-order valence-corrected chi connectivity index (χ4v) is 2.43. The van der Waals surface area contributed by atoms with E-state index in [1.807, 2.05) is 30.3 Å². The molecule has 1 aromatic heterocycles. The first-order chi connectivity index (χ1) is 11.6. The molecule has 0 fully saturated rings. The molecular weight excluding hydrogens is 333 g/mol. The number of rotatable bonds is 5. The number of amides is 1. The second-order valence-corrected chi connectivity index (χ2v) is 5.52. The van der Waals surface area contributed by atoms with Crippen LogP contribution in [0.5, 0.6) is 0 Å². The van der Waals surface area contributed by atoms with E-state index in [-0.39, 0.29) is 10.9 Å². The average Bonchev–Trinajstić information content (AvgIpc) is 3.11. The number of hydrogen-bond donors (Lipinski definition) is 1. The van der Waals surface area contributed by atoms with E-state index < -0.39 is 11.9 Å². The third-order valence-electron chi connectivity index (χ3n) is 3.45. The largest absolute Gasteiger partial charge is 0.324 e. The summed E-state index contributed by atoms with van der Waals surface area (Å²) in [6.07, 6.45) is 1.79. The first-order valence-corrected chi connectivity index (χ1v) is 7.53. The van der Waals surface area contributed by atoms with E-state index in [0.717, 1.165) is 5.56 Å². The van der Waals surface area contributed by atoms with Crippen molar-refractivity contribution in [2.45, 2.75) is 12.5 Å². The van der Waals surface area contributed by atoms with E-state index in [2.05, 4.69) is 20.8 Å². The van der Waals surface area contributed by atoms with E-state index in [0.29, 0.717) is 12.1 Å². The first-order valence-electron chi connectivity index (χ1n) is 7.16. The first kappa shape index (κ1) is 16.1. The summed E-state index contributed by atoms with van der Waals surface area (Å²) in [6.45, 7) is 0. The van der Waals surface area contributed by atoms with Crippen molar-refractivity contribution in [2.24, 2.45) is 0 Å². The van der Waals surface area contributed by atoms with Crippen molar-refractivity contribution in [3.63, 3.8) is 0 Å². The molecule has 1 amide bonds. The van der Waals surface area contributed by atoms with Crippen molar-refractivity contribution in [3.8, 4) is 0 Å². The molecule has 0 saturated carbocycles. The zero-order chi connectivity index (χ0) is 16.9. The molecule has 0 bridgehead atoms.